The Morgan fingerprint density at radius 3 is 0.762 bits per heavy atom. The molecular formula is C74H147NO5. The van der Waals surface area contributed by atoms with Crippen LogP contribution in [0.25, 0.3) is 0 Å². The van der Waals surface area contributed by atoms with Crippen LogP contribution in [0.15, 0.2) is 0 Å². The van der Waals surface area contributed by atoms with Crippen molar-refractivity contribution in [3.63, 3.8) is 0 Å². The zero-order valence-corrected chi connectivity index (χ0v) is 54.9. The van der Waals surface area contributed by atoms with Crippen molar-refractivity contribution in [3.05, 3.63) is 0 Å². The van der Waals surface area contributed by atoms with Crippen molar-refractivity contribution in [2.75, 3.05) is 13.2 Å². The fourth-order valence-corrected chi connectivity index (χ4v) is 12.2. The van der Waals surface area contributed by atoms with E-state index in [2.05, 4.69) is 19.2 Å². The summed E-state index contributed by atoms with van der Waals surface area (Å²) >= 11 is 0. The summed E-state index contributed by atoms with van der Waals surface area (Å²) in [5.74, 6) is -0.00250. The van der Waals surface area contributed by atoms with E-state index in [1.165, 1.54) is 366 Å². The van der Waals surface area contributed by atoms with Gasteiger partial charge in [-0.2, -0.15) is 0 Å². The zero-order valence-electron chi connectivity index (χ0n) is 54.9. The van der Waals surface area contributed by atoms with Gasteiger partial charge in [-0.25, -0.2) is 0 Å². The Morgan fingerprint density at radius 1 is 0.300 bits per heavy atom. The van der Waals surface area contributed by atoms with Crippen LogP contribution >= 0.6 is 0 Å². The molecule has 0 aliphatic heterocycles. The van der Waals surface area contributed by atoms with Crippen LogP contribution in [0.4, 0.5) is 0 Å². The molecule has 478 valence electrons. The van der Waals surface area contributed by atoms with Crippen molar-refractivity contribution in [3.8, 4) is 0 Å². The van der Waals surface area contributed by atoms with Crippen molar-refractivity contribution in [2.24, 2.45) is 0 Å². The van der Waals surface area contributed by atoms with Crippen molar-refractivity contribution in [1.29, 1.82) is 0 Å². The Labute approximate surface area is 502 Å². The van der Waals surface area contributed by atoms with E-state index in [1.807, 2.05) is 0 Å². The molecule has 0 rings (SSSR count). The van der Waals surface area contributed by atoms with E-state index in [-0.39, 0.29) is 18.5 Å². The molecule has 0 aromatic rings. The van der Waals surface area contributed by atoms with Gasteiger partial charge < -0.3 is 20.3 Å². The lowest BCUT2D eigenvalue weighted by Crippen LogP contribution is -2.45. The summed E-state index contributed by atoms with van der Waals surface area (Å²) in [7, 11) is 0. The smallest absolute Gasteiger partial charge is 0.305 e. The number of rotatable bonds is 71. The molecule has 0 bridgehead atoms. The summed E-state index contributed by atoms with van der Waals surface area (Å²) in [6.45, 7) is 5.01. The number of carbonyl (C=O) groups is 2. The Balaban J connectivity index is 3.32. The molecule has 0 aromatic heterocycles. The molecule has 0 aliphatic rings. The molecule has 0 aliphatic carbocycles. The molecule has 2 atom stereocenters. The first-order valence-electron chi connectivity index (χ1n) is 37.3. The van der Waals surface area contributed by atoms with Gasteiger partial charge in [-0.15, -0.1) is 0 Å². The Hall–Kier alpha value is -1.14. The molecule has 0 spiro atoms. The second kappa shape index (κ2) is 70.3. The molecule has 0 aromatic carbocycles. The Kier molecular flexibility index (Phi) is 69.3. The maximum absolute atomic E-state index is 12.5. The van der Waals surface area contributed by atoms with Crippen molar-refractivity contribution in [1.82, 2.24) is 5.32 Å². The molecule has 6 nitrogen and oxygen atoms in total. The number of aliphatic hydroxyl groups is 2. The third-order valence-corrected chi connectivity index (χ3v) is 17.9. The first-order valence-corrected chi connectivity index (χ1v) is 37.3. The average molecular weight is 1130 g/mol. The van der Waals surface area contributed by atoms with Crippen LogP contribution in [0.2, 0.25) is 0 Å². The maximum Gasteiger partial charge on any atom is 0.305 e. The van der Waals surface area contributed by atoms with Gasteiger partial charge in [0.1, 0.15) is 0 Å². The zero-order chi connectivity index (χ0) is 57.8. The van der Waals surface area contributed by atoms with Crippen LogP contribution in [-0.4, -0.2) is 47.4 Å². The van der Waals surface area contributed by atoms with Crippen molar-refractivity contribution in [2.45, 2.75) is 450 Å². The Bertz CT molecular complexity index is 1160. The number of aliphatic hydroxyl groups excluding tert-OH is 2. The highest BCUT2D eigenvalue weighted by atomic mass is 16.5. The topological polar surface area (TPSA) is 95.9 Å². The van der Waals surface area contributed by atoms with Gasteiger partial charge in [0.05, 0.1) is 25.4 Å². The molecule has 0 saturated carbocycles. The molecule has 2 unspecified atom stereocenters. The van der Waals surface area contributed by atoms with E-state index in [4.69, 9.17) is 4.74 Å². The highest BCUT2D eigenvalue weighted by Gasteiger charge is 2.20. The van der Waals surface area contributed by atoms with Gasteiger partial charge in [-0.3, -0.25) is 9.59 Å². The first-order chi connectivity index (χ1) is 39.5. The lowest BCUT2D eigenvalue weighted by Gasteiger charge is -2.22. The van der Waals surface area contributed by atoms with E-state index in [1.54, 1.807) is 0 Å². The number of nitrogens with one attached hydrogen (secondary N) is 1. The van der Waals surface area contributed by atoms with Gasteiger partial charge >= 0.3 is 5.97 Å². The van der Waals surface area contributed by atoms with Crippen LogP contribution < -0.4 is 5.32 Å². The first kappa shape index (κ1) is 78.9. The van der Waals surface area contributed by atoms with Crippen LogP contribution in [0, 0.1) is 0 Å². The summed E-state index contributed by atoms with van der Waals surface area (Å²) in [5.41, 5.74) is 0. The minimum absolute atomic E-state index is 0.0243. The average Bonchev–Trinajstić information content (AvgIpc) is 3.46. The molecule has 80 heavy (non-hydrogen) atoms. The lowest BCUT2D eigenvalue weighted by atomic mass is 10.0. The van der Waals surface area contributed by atoms with Gasteiger partial charge in [-0.1, -0.05) is 399 Å². The molecular weight excluding hydrogens is 983 g/mol. The van der Waals surface area contributed by atoms with E-state index in [9.17, 15) is 19.8 Å². The number of ether oxygens (including phenoxy) is 1. The van der Waals surface area contributed by atoms with Gasteiger partial charge in [-0.05, 0) is 25.7 Å². The van der Waals surface area contributed by atoms with Gasteiger partial charge in [0.25, 0.3) is 0 Å². The second-order valence-corrected chi connectivity index (χ2v) is 26.0. The predicted molar refractivity (Wildman–Crippen MR) is 352 cm³/mol. The third-order valence-electron chi connectivity index (χ3n) is 17.9. The fraction of sp³-hybridized carbons (Fsp3) is 0.973. The minimum atomic E-state index is -0.661. The molecule has 1 amide bonds. The summed E-state index contributed by atoms with van der Waals surface area (Å²) in [6, 6.07) is -0.538. The number of hydrogen-bond donors (Lipinski definition) is 3. The van der Waals surface area contributed by atoms with Gasteiger partial charge in [0, 0.05) is 12.8 Å². The molecule has 6 heteroatoms. The van der Waals surface area contributed by atoms with Crippen molar-refractivity contribution < 1.29 is 24.5 Å². The van der Waals surface area contributed by atoms with Crippen LogP contribution in [0.5, 0.6) is 0 Å². The SMILES string of the molecule is CCCCCCCCCCCCCCCCCCCCC(O)C(CO)NC(=O)CCCCCCCCCCCCCCCCCCCCCCCCCCCCCCOC(=O)CCCCCCCCCCCCCCCCCCC. The van der Waals surface area contributed by atoms with Crippen LogP contribution in [0.3, 0.4) is 0 Å². The monoisotopic (exact) mass is 1130 g/mol. The highest BCUT2D eigenvalue weighted by Crippen LogP contribution is 2.20. The normalized spacial score (nSPS) is 12.4. The number of esters is 1. The van der Waals surface area contributed by atoms with Gasteiger partial charge in [0.15, 0.2) is 0 Å². The summed E-state index contributed by atoms with van der Waals surface area (Å²) < 4.78 is 5.51. The molecule has 0 saturated heterocycles. The van der Waals surface area contributed by atoms with Gasteiger partial charge in [0.2, 0.25) is 5.91 Å². The van der Waals surface area contributed by atoms with E-state index in [0.717, 1.165) is 38.5 Å². The van der Waals surface area contributed by atoms with E-state index >= 15 is 0 Å². The fourth-order valence-electron chi connectivity index (χ4n) is 12.2. The molecule has 3 N–H and O–H groups in total. The standard InChI is InChI=1S/C74H147NO5/c1-3-5-7-9-11-13-15-17-19-21-35-38-42-46-50-54-58-62-66-72(77)71(70-76)75-73(78)67-63-59-55-51-47-43-39-36-32-30-28-26-24-22-23-25-27-29-31-33-37-41-45-49-53-57-61-65-69-80-74(79)68-64-60-56-52-48-44-40-34-20-18-16-14-12-10-8-6-4-2/h71-72,76-77H,3-70H2,1-2H3,(H,75,78). The van der Waals surface area contributed by atoms with E-state index < -0.39 is 12.1 Å². The molecule has 0 radical (unpaired) electrons. The summed E-state index contributed by atoms with van der Waals surface area (Å²) in [5, 5.41) is 23.4. The van der Waals surface area contributed by atoms with Crippen LogP contribution in [0.1, 0.15) is 438 Å². The summed E-state index contributed by atoms with van der Waals surface area (Å²) in [4.78, 5) is 24.6. The number of unbranched alkanes of at least 4 members (excludes halogenated alkanes) is 60. The second-order valence-electron chi connectivity index (χ2n) is 26.0. The largest absolute Gasteiger partial charge is 0.466 e. The molecule has 0 heterocycles. The molecule has 0 fully saturated rings. The third kappa shape index (κ3) is 66.0. The minimum Gasteiger partial charge on any atom is -0.466 e. The Morgan fingerprint density at radius 2 is 0.512 bits per heavy atom. The maximum atomic E-state index is 12.5. The highest BCUT2D eigenvalue weighted by molar-refractivity contribution is 5.76. The van der Waals surface area contributed by atoms with Crippen molar-refractivity contribution >= 4 is 11.9 Å². The quantitative estimate of drug-likeness (QED) is 0.0417. The number of hydrogen-bond acceptors (Lipinski definition) is 5. The van der Waals surface area contributed by atoms with E-state index in [0.29, 0.717) is 25.9 Å². The number of amides is 1. The predicted octanol–water partition coefficient (Wildman–Crippen LogP) is 24.2. The lowest BCUT2D eigenvalue weighted by molar-refractivity contribution is -0.143. The summed E-state index contributed by atoms with van der Waals surface area (Å²) in [6.07, 6.45) is 86.0. The van der Waals surface area contributed by atoms with Crippen LogP contribution in [-0.2, 0) is 14.3 Å². The number of carbonyl (C=O) groups excluding carboxylic acids is 2.